The fraction of sp³-hybridized carbons (Fsp3) is 0.471. The van der Waals surface area contributed by atoms with E-state index >= 15 is 0 Å². The summed E-state index contributed by atoms with van der Waals surface area (Å²) in [6.07, 6.45) is 4.97. The molecule has 0 saturated carbocycles. The van der Waals surface area contributed by atoms with E-state index in [1.165, 1.54) is 0 Å². The lowest BCUT2D eigenvalue weighted by molar-refractivity contribution is 0.0602. The standard InChI is InChI=1S/C17H21N5O/c1-11-8-12(2)21-16(20-11)17(4)6-5-7-22(17)15(23)14-9-18-13(3)19-10-14/h8-10H,5-7H2,1-4H3. The Balaban J connectivity index is 1.98. The third-order valence-electron chi connectivity index (χ3n) is 4.38. The molecule has 3 rings (SSSR count). The van der Waals surface area contributed by atoms with Crippen LogP contribution in [-0.2, 0) is 5.54 Å². The summed E-state index contributed by atoms with van der Waals surface area (Å²) in [6, 6.07) is 1.95. The summed E-state index contributed by atoms with van der Waals surface area (Å²) >= 11 is 0. The van der Waals surface area contributed by atoms with Crippen molar-refractivity contribution in [3.63, 3.8) is 0 Å². The molecule has 1 atom stereocenters. The van der Waals surface area contributed by atoms with Crippen molar-refractivity contribution in [3.8, 4) is 0 Å². The molecule has 0 aromatic carbocycles. The van der Waals surface area contributed by atoms with Gasteiger partial charge in [0.1, 0.15) is 11.4 Å². The second kappa shape index (κ2) is 5.68. The number of carbonyl (C=O) groups excluding carboxylic acids is 1. The number of aryl methyl sites for hydroxylation is 3. The fourth-order valence-electron chi connectivity index (χ4n) is 3.15. The fourth-order valence-corrected chi connectivity index (χ4v) is 3.15. The molecule has 0 radical (unpaired) electrons. The van der Waals surface area contributed by atoms with E-state index in [1.54, 1.807) is 19.3 Å². The van der Waals surface area contributed by atoms with Gasteiger partial charge in [-0.1, -0.05) is 0 Å². The van der Waals surface area contributed by atoms with E-state index in [-0.39, 0.29) is 5.91 Å². The molecule has 1 unspecified atom stereocenters. The molecule has 6 heteroatoms. The van der Waals surface area contributed by atoms with Crippen molar-refractivity contribution in [3.05, 3.63) is 47.1 Å². The number of rotatable bonds is 2. The molecule has 0 bridgehead atoms. The maximum absolute atomic E-state index is 12.9. The molecular formula is C17H21N5O. The van der Waals surface area contributed by atoms with Gasteiger partial charge in [-0.3, -0.25) is 4.79 Å². The first-order valence-corrected chi connectivity index (χ1v) is 7.83. The van der Waals surface area contributed by atoms with Crippen LogP contribution in [0.5, 0.6) is 0 Å². The predicted octanol–water partition coefficient (Wildman–Crippen LogP) is 2.34. The number of nitrogens with zero attached hydrogens (tertiary/aromatic N) is 5. The minimum Gasteiger partial charge on any atom is -0.326 e. The Morgan fingerprint density at radius 3 is 2.35 bits per heavy atom. The largest absolute Gasteiger partial charge is 0.326 e. The number of aromatic nitrogens is 4. The van der Waals surface area contributed by atoms with Gasteiger partial charge >= 0.3 is 0 Å². The van der Waals surface area contributed by atoms with Crippen LogP contribution in [0, 0.1) is 20.8 Å². The lowest BCUT2D eigenvalue weighted by Gasteiger charge is -2.34. The lowest BCUT2D eigenvalue weighted by atomic mass is 9.96. The Kier molecular flexibility index (Phi) is 3.83. The summed E-state index contributed by atoms with van der Waals surface area (Å²) in [5.74, 6) is 1.31. The Hall–Kier alpha value is -2.37. The zero-order chi connectivity index (χ0) is 16.6. The van der Waals surface area contributed by atoms with Gasteiger partial charge in [0, 0.05) is 30.3 Å². The van der Waals surface area contributed by atoms with Gasteiger partial charge in [-0.2, -0.15) is 0 Å². The van der Waals surface area contributed by atoms with Crippen molar-refractivity contribution in [2.24, 2.45) is 0 Å². The molecule has 1 saturated heterocycles. The van der Waals surface area contributed by atoms with Gasteiger partial charge in [-0.25, -0.2) is 19.9 Å². The van der Waals surface area contributed by atoms with Gasteiger partial charge in [-0.05, 0) is 46.6 Å². The van der Waals surface area contributed by atoms with E-state index in [9.17, 15) is 4.79 Å². The van der Waals surface area contributed by atoms with Gasteiger partial charge < -0.3 is 4.90 Å². The third-order valence-corrected chi connectivity index (χ3v) is 4.38. The normalized spacial score (nSPS) is 20.8. The molecule has 1 fully saturated rings. The molecule has 0 spiro atoms. The van der Waals surface area contributed by atoms with Crippen LogP contribution >= 0.6 is 0 Å². The average molecular weight is 311 g/mol. The van der Waals surface area contributed by atoms with Gasteiger partial charge in [0.05, 0.1) is 5.56 Å². The van der Waals surface area contributed by atoms with Crippen molar-refractivity contribution in [1.82, 2.24) is 24.8 Å². The molecule has 0 N–H and O–H groups in total. The van der Waals surface area contributed by atoms with E-state index in [0.717, 1.165) is 24.2 Å². The number of hydrogen-bond acceptors (Lipinski definition) is 5. The minimum absolute atomic E-state index is 0.0623. The summed E-state index contributed by atoms with van der Waals surface area (Å²) < 4.78 is 0. The zero-order valence-electron chi connectivity index (χ0n) is 14.0. The molecule has 1 amide bonds. The summed E-state index contributed by atoms with van der Waals surface area (Å²) in [5, 5.41) is 0. The van der Waals surface area contributed by atoms with Crippen LogP contribution in [0.4, 0.5) is 0 Å². The molecule has 23 heavy (non-hydrogen) atoms. The first-order valence-electron chi connectivity index (χ1n) is 7.83. The van der Waals surface area contributed by atoms with E-state index in [2.05, 4.69) is 19.9 Å². The molecule has 6 nitrogen and oxygen atoms in total. The van der Waals surface area contributed by atoms with Crippen LogP contribution in [-0.4, -0.2) is 37.3 Å². The Morgan fingerprint density at radius 2 is 1.74 bits per heavy atom. The van der Waals surface area contributed by atoms with Crippen LogP contribution in [0.15, 0.2) is 18.5 Å². The summed E-state index contributed by atoms with van der Waals surface area (Å²) in [6.45, 7) is 8.45. The van der Waals surface area contributed by atoms with Crippen molar-refractivity contribution in [2.45, 2.75) is 46.1 Å². The number of carbonyl (C=O) groups is 1. The van der Waals surface area contributed by atoms with Crippen LogP contribution in [0.3, 0.4) is 0 Å². The molecule has 0 aliphatic carbocycles. The monoisotopic (exact) mass is 311 g/mol. The van der Waals surface area contributed by atoms with Gasteiger partial charge in [-0.15, -0.1) is 0 Å². The highest BCUT2D eigenvalue weighted by Gasteiger charge is 2.43. The van der Waals surface area contributed by atoms with E-state index < -0.39 is 5.54 Å². The maximum Gasteiger partial charge on any atom is 0.257 e. The Labute approximate surface area is 136 Å². The summed E-state index contributed by atoms with van der Waals surface area (Å²) in [7, 11) is 0. The number of likely N-dealkylation sites (tertiary alicyclic amines) is 1. The molecular weight excluding hydrogens is 290 g/mol. The quantitative estimate of drug-likeness (QED) is 0.851. The highest BCUT2D eigenvalue weighted by molar-refractivity contribution is 5.94. The topological polar surface area (TPSA) is 71.9 Å². The second-order valence-corrected chi connectivity index (χ2v) is 6.33. The highest BCUT2D eigenvalue weighted by Crippen LogP contribution is 2.37. The van der Waals surface area contributed by atoms with Crippen molar-refractivity contribution < 1.29 is 4.79 Å². The maximum atomic E-state index is 12.9. The van der Waals surface area contributed by atoms with Crippen LogP contribution in [0.1, 0.15) is 53.2 Å². The van der Waals surface area contributed by atoms with Crippen molar-refractivity contribution >= 4 is 5.91 Å². The Morgan fingerprint density at radius 1 is 1.13 bits per heavy atom. The molecule has 2 aromatic heterocycles. The number of hydrogen-bond donors (Lipinski definition) is 0. The van der Waals surface area contributed by atoms with Crippen molar-refractivity contribution in [2.75, 3.05) is 6.54 Å². The molecule has 1 aliphatic heterocycles. The summed E-state index contributed by atoms with van der Waals surface area (Å²) in [4.78, 5) is 32.2. The minimum atomic E-state index is -0.487. The zero-order valence-corrected chi connectivity index (χ0v) is 14.0. The molecule has 120 valence electrons. The number of amides is 1. The molecule has 3 heterocycles. The van der Waals surface area contributed by atoms with Crippen molar-refractivity contribution in [1.29, 1.82) is 0 Å². The predicted molar refractivity (Wildman–Crippen MR) is 85.9 cm³/mol. The summed E-state index contributed by atoms with van der Waals surface area (Å²) in [5.41, 5.74) is 1.87. The second-order valence-electron chi connectivity index (χ2n) is 6.33. The SMILES string of the molecule is Cc1cc(C)nc(C2(C)CCCN2C(=O)c2cnc(C)nc2)n1. The van der Waals surface area contributed by atoms with Crippen LogP contribution < -0.4 is 0 Å². The smallest absolute Gasteiger partial charge is 0.257 e. The molecule has 2 aromatic rings. The van der Waals surface area contributed by atoms with E-state index in [1.807, 2.05) is 31.7 Å². The first-order chi connectivity index (χ1) is 10.9. The highest BCUT2D eigenvalue weighted by atomic mass is 16.2. The van der Waals surface area contributed by atoms with E-state index in [0.29, 0.717) is 23.8 Å². The Bertz CT molecular complexity index is 723. The van der Waals surface area contributed by atoms with Crippen LogP contribution in [0.25, 0.3) is 0 Å². The van der Waals surface area contributed by atoms with Gasteiger partial charge in [0.2, 0.25) is 0 Å². The van der Waals surface area contributed by atoms with Gasteiger partial charge in [0.25, 0.3) is 5.91 Å². The first kappa shape index (κ1) is 15.5. The van der Waals surface area contributed by atoms with Crippen LogP contribution in [0.2, 0.25) is 0 Å². The van der Waals surface area contributed by atoms with Gasteiger partial charge in [0.15, 0.2) is 5.82 Å². The third kappa shape index (κ3) is 2.81. The lowest BCUT2D eigenvalue weighted by Crippen LogP contribution is -2.44. The average Bonchev–Trinajstić information content (AvgIpc) is 2.89. The van der Waals surface area contributed by atoms with E-state index in [4.69, 9.17) is 0 Å². The molecule has 1 aliphatic rings.